The molecule has 0 aromatic rings. The molecule has 0 rings (SSSR count). The molecule has 0 aliphatic rings. The summed E-state index contributed by atoms with van der Waals surface area (Å²) in [6.07, 6.45) is 3.21. The van der Waals surface area contributed by atoms with Crippen LogP contribution < -0.4 is 11.1 Å². The van der Waals surface area contributed by atoms with Gasteiger partial charge in [-0.1, -0.05) is 27.2 Å². The SMILES string of the molecule is CCC(C)CC(CNC(=O)CCC(C)CN)CC(=O)O. The van der Waals surface area contributed by atoms with Crippen molar-refractivity contribution in [3.63, 3.8) is 0 Å². The highest BCUT2D eigenvalue weighted by Crippen LogP contribution is 2.17. The summed E-state index contributed by atoms with van der Waals surface area (Å²) < 4.78 is 0. The van der Waals surface area contributed by atoms with Crippen LogP contribution >= 0.6 is 0 Å². The van der Waals surface area contributed by atoms with E-state index in [0.29, 0.717) is 31.3 Å². The molecule has 0 spiro atoms. The second kappa shape index (κ2) is 10.7. The molecular formula is C15H30N2O3. The lowest BCUT2D eigenvalue weighted by atomic mass is 9.91. The molecule has 20 heavy (non-hydrogen) atoms. The van der Waals surface area contributed by atoms with Crippen LogP contribution in [0, 0.1) is 17.8 Å². The Labute approximate surface area is 122 Å². The molecule has 5 nitrogen and oxygen atoms in total. The van der Waals surface area contributed by atoms with Crippen LogP contribution in [0.15, 0.2) is 0 Å². The topological polar surface area (TPSA) is 92.4 Å². The third-order valence-corrected chi connectivity index (χ3v) is 3.75. The average molecular weight is 286 g/mol. The Morgan fingerprint density at radius 1 is 1.25 bits per heavy atom. The van der Waals surface area contributed by atoms with Crippen LogP contribution in [0.5, 0.6) is 0 Å². The number of carboxylic acid groups (broad SMARTS) is 1. The molecule has 0 aromatic carbocycles. The standard InChI is InChI=1S/C15H30N2O3/c1-4-11(2)7-13(8-15(19)20)10-17-14(18)6-5-12(3)9-16/h11-13H,4-10,16H2,1-3H3,(H,17,18)(H,19,20). The van der Waals surface area contributed by atoms with Gasteiger partial charge in [0.05, 0.1) is 0 Å². The first kappa shape index (κ1) is 18.9. The zero-order valence-corrected chi connectivity index (χ0v) is 13.0. The first-order valence-electron chi connectivity index (χ1n) is 7.57. The second-order valence-electron chi connectivity index (χ2n) is 5.90. The molecule has 0 aliphatic carbocycles. The van der Waals surface area contributed by atoms with E-state index in [4.69, 9.17) is 10.8 Å². The third kappa shape index (κ3) is 9.78. The Hall–Kier alpha value is -1.10. The summed E-state index contributed by atoms with van der Waals surface area (Å²) in [6, 6.07) is 0. The number of rotatable bonds is 11. The number of hydrogen-bond acceptors (Lipinski definition) is 3. The molecule has 0 radical (unpaired) electrons. The molecule has 1 amide bonds. The van der Waals surface area contributed by atoms with Crippen molar-refractivity contribution < 1.29 is 14.7 Å². The van der Waals surface area contributed by atoms with Crippen molar-refractivity contribution in [3.8, 4) is 0 Å². The van der Waals surface area contributed by atoms with Gasteiger partial charge in [-0.05, 0) is 37.1 Å². The maximum atomic E-state index is 11.7. The highest BCUT2D eigenvalue weighted by molar-refractivity contribution is 5.76. The van der Waals surface area contributed by atoms with Crippen LogP contribution in [0.25, 0.3) is 0 Å². The maximum Gasteiger partial charge on any atom is 0.303 e. The predicted molar refractivity (Wildman–Crippen MR) is 80.3 cm³/mol. The number of amides is 1. The first-order chi connectivity index (χ1) is 9.38. The van der Waals surface area contributed by atoms with Gasteiger partial charge in [-0.2, -0.15) is 0 Å². The molecule has 0 heterocycles. The number of carboxylic acids is 1. The number of aliphatic carboxylic acids is 1. The fourth-order valence-corrected chi connectivity index (χ4v) is 2.06. The average Bonchev–Trinajstić information content (AvgIpc) is 2.41. The van der Waals surface area contributed by atoms with E-state index in [0.717, 1.165) is 19.3 Å². The summed E-state index contributed by atoms with van der Waals surface area (Å²) in [5, 5.41) is 11.8. The van der Waals surface area contributed by atoms with Gasteiger partial charge in [0.2, 0.25) is 5.91 Å². The highest BCUT2D eigenvalue weighted by atomic mass is 16.4. The lowest BCUT2D eigenvalue weighted by Crippen LogP contribution is -2.31. The summed E-state index contributed by atoms with van der Waals surface area (Å²) in [7, 11) is 0. The van der Waals surface area contributed by atoms with Crippen LogP contribution in [-0.4, -0.2) is 30.1 Å². The van der Waals surface area contributed by atoms with Crippen LogP contribution in [0.4, 0.5) is 0 Å². The molecule has 3 atom stereocenters. The van der Waals surface area contributed by atoms with Gasteiger partial charge in [-0.3, -0.25) is 9.59 Å². The number of nitrogens with one attached hydrogen (secondary N) is 1. The fraction of sp³-hybridized carbons (Fsp3) is 0.867. The minimum atomic E-state index is -0.802. The first-order valence-corrected chi connectivity index (χ1v) is 7.57. The number of nitrogens with two attached hydrogens (primary N) is 1. The summed E-state index contributed by atoms with van der Waals surface area (Å²) in [4.78, 5) is 22.6. The van der Waals surface area contributed by atoms with Crippen LogP contribution in [0.2, 0.25) is 0 Å². The lowest BCUT2D eigenvalue weighted by Gasteiger charge is -2.19. The summed E-state index contributed by atoms with van der Waals surface area (Å²) in [6.45, 7) is 7.26. The van der Waals surface area contributed by atoms with Crippen molar-refractivity contribution in [1.82, 2.24) is 5.32 Å². The molecular weight excluding hydrogens is 256 g/mol. The molecule has 0 aromatic heterocycles. The van der Waals surface area contributed by atoms with E-state index in [1.165, 1.54) is 0 Å². The van der Waals surface area contributed by atoms with E-state index in [2.05, 4.69) is 19.2 Å². The quantitative estimate of drug-likeness (QED) is 0.541. The van der Waals surface area contributed by atoms with E-state index >= 15 is 0 Å². The summed E-state index contributed by atoms with van der Waals surface area (Å²) >= 11 is 0. The Balaban J connectivity index is 4.10. The van der Waals surface area contributed by atoms with Crippen molar-refractivity contribution in [2.75, 3.05) is 13.1 Å². The van der Waals surface area contributed by atoms with E-state index in [-0.39, 0.29) is 18.2 Å². The minimum Gasteiger partial charge on any atom is -0.481 e. The van der Waals surface area contributed by atoms with Crippen LogP contribution in [0.3, 0.4) is 0 Å². The largest absolute Gasteiger partial charge is 0.481 e. The van der Waals surface area contributed by atoms with Crippen LogP contribution in [-0.2, 0) is 9.59 Å². The van der Waals surface area contributed by atoms with Gasteiger partial charge in [0.25, 0.3) is 0 Å². The van der Waals surface area contributed by atoms with E-state index in [1.807, 2.05) is 6.92 Å². The van der Waals surface area contributed by atoms with Gasteiger partial charge in [-0.15, -0.1) is 0 Å². The fourth-order valence-electron chi connectivity index (χ4n) is 2.06. The third-order valence-electron chi connectivity index (χ3n) is 3.75. The van der Waals surface area contributed by atoms with E-state index < -0.39 is 5.97 Å². The van der Waals surface area contributed by atoms with Crippen molar-refractivity contribution in [1.29, 1.82) is 0 Å². The zero-order valence-electron chi connectivity index (χ0n) is 13.0. The Bertz CT molecular complexity index is 295. The van der Waals surface area contributed by atoms with Crippen molar-refractivity contribution in [3.05, 3.63) is 0 Å². The van der Waals surface area contributed by atoms with Gasteiger partial charge >= 0.3 is 5.97 Å². The maximum absolute atomic E-state index is 11.7. The molecule has 118 valence electrons. The van der Waals surface area contributed by atoms with Gasteiger partial charge in [0.1, 0.15) is 0 Å². The van der Waals surface area contributed by atoms with Gasteiger partial charge in [0.15, 0.2) is 0 Å². The normalized spacial score (nSPS) is 15.4. The molecule has 0 aliphatic heterocycles. The number of carbonyl (C=O) groups excluding carboxylic acids is 1. The van der Waals surface area contributed by atoms with Gasteiger partial charge in [0, 0.05) is 19.4 Å². The number of hydrogen-bond donors (Lipinski definition) is 3. The monoisotopic (exact) mass is 286 g/mol. The highest BCUT2D eigenvalue weighted by Gasteiger charge is 2.17. The minimum absolute atomic E-state index is 0.00941. The van der Waals surface area contributed by atoms with E-state index in [9.17, 15) is 9.59 Å². The Kier molecular flexibility index (Phi) is 10.1. The van der Waals surface area contributed by atoms with E-state index in [1.54, 1.807) is 0 Å². The van der Waals surface area contributed by atoms with Gasteiger partial charge < -0.3 is 16.2 Å². The lowest BCUT2D eigenvalue weighted by molar-refractivity contribution is -0.138. The summed E-state index contributed by atoms with van der Waals surface area (Å²) in [5.41, 5.74) is 5.51. The van der Waals surface area contributed by atoms with Crippen molar-refractivity contribution in [2.24, 2.45) is 23.5 Å². The molecule has 3 unspecified atom stereocenters. The smallest absolute Gasteiger partial charge is 0.303 e. The molecule has 0 bridgehead atoms. The second-order valence-corrected chi connectivity index (χ2v) is 5.90. The summed E-state index contributed by atoms with van der Waals surface area (Å²) in [5.74, 6) is 0.0247. The molecule has 0 saturated carbocycles. The molecule has 5 heteroatoms. The predicted octanol–water partition coefficient (Wildman–Crippen LogP) is 2.00. The molecule has 0 saturated heterocycles. The van der Waals surface area contributed by atoms with Gasteiger partial charge in [-0.25, -0.2) is 0 Å². The Morgan fingerprint density at radius 3 is 2.40 bits per heavy atom. The Morgan fingerprint density at radius 2 is 1.90 bits per heavy atom. The number of carbonyl (C=O) groups is 2. The van der Waals surface area contributed by atoms with Crippen molar-refractivity contribution in [2.45, 2.75) is 52.9 Å². The molecule has 0 fully saturated rings. The zero-order chi connectivity index (χ0) is 15.5. The van der Waals surface area contributed by atoms with Crippen LogP contribution in [0.1, 0.15) is 52.9 Å². The molecule has 4 N–H and O–H groups in total. The van der Waals surface area contributed by atoms with Crippen molar-refractivity contribution >= 4 is 11.9 Å².